The molecule has 0 fully saturated rings. The van der Waals surface area contributed by atoms with Gasteiger partial charge in [-0.25, -0.2) is 0 Å². The minimum atomic E-state index is 0.0341. The maximum Gasteiger partial charge on any atom is 0.227 e. The number of amides is 1. The predicted octanol–water partition coefficient (Wildman–Crippen LogP) is 3.09. The van der Waals surface area contributed by atoms with E-state index in [-0.39, 0.29) is 17.9 Å². The lowest BCUT2D eigenvalue weighted by Gasteiger charge is -2.24. The van der Waals surface area contributed by atoms with Gasteiger partial charge in [-0.3, -0.25) is 4.79 Å². The number of rotatable bonds is 4. The summed E-state index contributed by atoms with van der Waals surface area (Å²) < 4.78 is 0. The molecule has 1 heterocycles. The van der Waals surface area contributed by atoms with Crippen molar-refractivity contribution < 1.29 is 4.79 Å². The number of carbonyl (C=O) groups excluding carboxylic acids is 1. The SMILES string of the molecule is C#CCC(CC)NC(=O)C1CCCc2sccc21. The molecule has 0 aromatic carbocycles. The normalized spacial score (nSPS) is 19.7. The first kappa shape index (κ1) is 13.2. The number of nitrogens with one attached hydrogen (secondary N) is 1. The molecule has 0 aliphatic heterocycles. The largest absolute Gasteiger partial charge is 0.352 e. The van der Waals surface area contributed by atoms with Crippen LogP contribution in [-0.2, 0) is 11.2 Å². The van der Waals surface area contributed by atoms with E-state index in [1.165, 1.54) is 10.4 Å². The molecular weight excluding hydrogens is 242 g/mol. The zero-order chi connectivity index (χ0) is 13.0. The molecule has 96 valence electrons. The lowest BCUT2D eigenvalue weighted by Crippen LogP contribution is -2.38. The average molecular weight is 261 g/mol. The first-order chi connectivity index (χ1) is 8.76. The minimum absolute atomic E-state index is 0.0341. The van der Waals surface area contributed by atoms with Gasteiger partial charge in [0.15, 0.2) is 0 Å². The van der Waals surface area contributed by atoms with E-state index in [9.17, 15) is 4.79 Å². The van der Waals surface area contributed by atoms with Crippen LogP contribution in [0, 0.1) is 12.3 Å². The van der Waals surface area contributed by atoms with Crippen LogP contribution in [0.15, 0.2) is 11.4 Å². The fraction of sp³-hybridized carbons (Fsp3) is 0.533. The second-order valence-electron chi connectivity index (χ2n) is 4.77. The van der Waals surface area contributed by atoms with Gasteiger partial charge >= 0.3 is 0 Å². The Morgan fingerprint density at radius 2 is 2.56 bits per heavy atom. The van der Waals surface area contributed by atoms with E-state index in [1.54, 1.807) is 11.3 Å². The third kappa shape index (κ3) is 2.76. The van der Waals surface area contributed by atoms with Crippen LogP contribution in [0.3, 0.4) is 0 Å². The van der Waals surface area contributed by atoms with Crippen molar-refractivity contribution in [1.82, 2.24) is 5.32 Å². The zero-order valence-corrected chi connectivity index (χ0v) is 11.6. The van der Waals surface area contributed by atoms with Crippen LogP contribution < -0.4 is 5.32 Å². The van der Waals surface area contributed by atoms with E-state index >= 15 is 0 Å². The minimum Gasteiger partial charge on any atom is -0.352 e. The molecule has 0 bridgehead atoms. The Hall–Kier alpha value is -1.27. The summed E-state index contributed by atoms with van der Waals surface area (Å²) in [7, 11) is 0. The van der Waals surface area contributed by atoms with Crippen LogP contribution >= 0.6 is 11.3 Å². The van der Waals surface area contributed by atoms with Crippen molar-refractivity contribution in [2.24, 2.45) is 0 Å². The summed E-state index contributed by atoms with van der Waals surface area (Å²) in [6.07, 6.45) is 10.0. The number of hydrogen-bond donors (Lipinski definition) is 1. The third-order valence-corrected chi connectivity index (χ3v) is 4.57. The molecule has 2 nitrogen and oxygen atoms in total. The molecule has 1 N–H and O–H groups in total. The molecule has 1 aliphatic carbocycles. The van der Waals surface area contributed by atoms with Crippen LogP contribution in [0.1, 0.15) is 49.0 Å². The first-order valence-corrected chi connectivity index (χ1v) is 7.44. The van der Waals surface area contributed by atoms with E-state index in [4.69, 9.17) is 6.42 Å². The summed E-state index contributed by atoms with van der Waals surface area (Å²) in [6, 6.07) is 2.22. The van der Waals surface area contributed by atoms with Gasteiger partial charge in [-0.2, -0.15) is 0 Å². The Morgan fingerprint density at radius 1 is 1.72 bits per heavy atom. The summed E-state index contributed by atoms with van der Waals surface area (Å²) in [5, 5.41) is 5.18. The highest BCUT2D eigenvalue weighted by Gasteiger charge is 2.28. The Balaban J connectivity index is 2.05. The lowest BCUT2D eigenvalue weighted by molar-refractivity contribution is -0.123. The van der Waals surface area contributed by atoms with Crippen molar-refractivity contribution in [3.05, 3.63) is 21.9 Å². The van der Waals surface area contributed by atoms with Gasteiger partial charge in [-0.15, -0.1) is 23.7 Å². The molecule has 3 heteroatoms. The second kappa shape index (κ2) is 6.06. The smallest absolute Gasteiger partial charge is 0.227 e. The first-order valence-electron chi connectivity index (χ1n) is 6.56. The molecule has 0 radical (unpaired) electrons. The van der Waals surface area contributed by atoms with E-state index in [1.807, 2.05) is 0 Å². The van der Waals surface area contributed by atoms with E-state index < -0.39 is 0 Å². The Kier molecular flexibility index (Phi) is 4.43. The van der Waals surface area contributed by atoms with Gasteiger partial charge in [0.05, 0.1) is 5.92 Å². The molecule has 2 atom stereocenters. The highest BCUT2D eigenvalue weighted by Crippen LogP contribution is 2.35. The Bertz CT molecular complexity index is 457. The fourth-order valence-electron chi connectivity index (χ4n) is 2.50. The topological polar surface area (TPSA) is 29.1 Å². The molecule has 2 unspecified atom stereocenters. The number of aryl methyl sites for hydroxylation is 1. The molecule has 18 heavy (non-hydrogen) atoms. The van der Waals surface area contributed by atoms with Gasteiger partial charge in [0.25, 0.3) is 0 Å². The standard InChI is InChI=1S/C15H19NOS/c1-3-6-11(4-2)16-15(17)13-7-5-8-14-12(13)9-10-18-14/h1,9-11,13H,4-8H2,2H3,(H,16,17). The monoisotopic (exact) mass is 261 g/mol. The summed E-state index contributed by atoms with van der Waals surface area (Å²) in [4.78, 5) is 13.7. The molecule has 1 aromatic heterocycles. The molecule has 2 rings (SSSR count). The quantitative estimate of drug-likeness (QED) is 0.829. The Morgan fingerprint density at radius 3 is 3.28 bits per heavy atom. The van der Waals surface area contributed by atoms with Crippen molar-refractivity contribution in [1.29, 1.82) is 0 Å². The molecule has 1 aromatic rings. The van der Waals surface area contributed by atoms with Gasteiger partial charge in [0.2, 0.25) is 5.91 Å². The maximum atomic E-state index is 12.3. The molecule has 0 saturated heterocycles. The van der Waals surface area contributed by atoms with Crippen molar-refractivity contribution in [2.45, 2.75) is 51.0 Å². The van der Waals surface area contributed by atoms with Crippen molar-refractivity contribution in [3.63, 3.8) is 0 Å². The number of hydrogen-bond acceptors (Lipinski definition) is 2. The summed E-state index contributed by atoms with van der Waals surface area (Å²) >= 11 is 1.77. The number of thiophene rings is 1. The average Bonchev–Trinajstić information content (AvgIpc) is 2.85. The molecule has 0 saturated carbocycles. The fourth-order valence-corrected chi connectivity index (χ4v) is 3.49. The van der Waals surface area contributed by atoms with Gasteiger partial charge in [0, 0.05) is 17.3 Å². The summed E-state index contributed by atoms with van der Waals surface area (Å²) in [5.41, 5.74) is 1.24. The van der Waals surface area contributed by atoms with Crippen molar-refractivity contribution >= 4 is 17.2 Å². The summed E-state index contributed by atoms with van der Waals surface area (Å²) in [6.45, 7) is 2.05. The van der Waals surface area contributed by atoms with Crippen LogP contribution in [0.5, 0.6) is 0 Å². The van der Waals surface area contributed by atoms with E-state index in [0.717, 1.165) is 25.7 Å². The van der Waals surface area contributed by atoms with Crippen LogP contribution in [0.2, 0.25) is 0 Å². The predicted molar refractivity (Wildman–Crippen MR) is 75.7 cm³/mol. The van der Waals surface area contributed by atoms with E-state index in [0.29, 0.717) is 6.42 Å². The maximum absolute atomic E-state index is 12.3. The van der Waals surface area contributed by atoms with Gasteiger partial charge < -0.3 is 5.32 Å². The van der Waals surface area contributed by atoms with Crippen LogP contribution in [-0.4, -0.2) is 11.9 Å². The van der Waals surface area contributed by atoms with Gasteiger partial charge in [-0.1, -0.05) is 6.92 Å². The van der Waals surface area contributed by atoms with Crippen LogP contribution in [0.25, 0.3) is 0 Å². The number of terminal acetylenes is 1. The molecule has 1 amide bonds. The molecule has 1 aliphatic rings. The summed E-state index contributed by atoms with van der Waals surface area (Å²) in [5.74, 6) is 2.81. The highest BCUT2D eigenvalue weighted by atomic mass is 32.1. The zero-order valence-electron chi connectivity index (χ0n) is 10.7. The van der Waals surface area contributed by atoms with Gasteiger partial charge in [0.1, 0.15) is 0 Å². The highest BCUT2D eigenvalue weighted by molar-refractivity contribution is 7.10. The molecule has 0 spiro atoms. The van der Waals surface area contributed by atoms with Gasteiger partial charge in [-0.05, 0) is 42.7 Å². The number of carbonyl (C=O) groups is 1. The third-order valence-electron chi connectivity index (χ3n) is 3.57. The second-order valence-corrected chi connectivity index (χ2v) is 5.77. The van der Waals surface area contributed by atoms with Crippen molar-refractivity contribution in [3.8, 4) is 12.3 Å². The van der Waals surface area contributed by atoms with Crippen LogP contribution in [0.4, 0.5) is 0 Å². The Labute approximate surface area is 113 Å². The molecular formula is C15H19NOS. The number of fused-ring (bicyclic) bond motifs is 1. The van der Waals surface area contributed by atoms with E-state index in [2.05, 4.69) is 29.6 Å². The lowest BCUT2D eigenvalue weighted by atomic mass is 9.87. The van der Waals surface area contributed by atoms with Crippen molar-refractivity contribution in [2.75, 3.05) is 0 Å².